The zero-order valence-corrected chi connectivity index (χ0v) is 9.18. The van der Waals surface area contributed by atoms with Gasteiger partial charge >= 0.3 is 0 Å². The molecule has 0 amide bonds. The van der Waals surface area contributed by atoms with Gasteiger partial charge in [-0.05, 0) is 16.8 Å². The average Bonchev–Trinajstić information content (AvgIpc) is 2.36. The summed E-state index contributed by atoms with van der Waals surface area (Å²) in [5, 5.41) is 12.0. The number of rotatable bonds is 3. The van der Waals surface area contributed by atoms with Crippen LogP contribution in [0, 0.1) is 0 Å². The molecule has 0 spiro atoms. The summed E-state index contributed by atoms with van der Waals surface area (Å²) in [4.78, 5) is 0. The Morgan fingerprint density at radius 1 is 1.25 bits per heavy atom. The van der Waals surface area contributed by atoms with Gasteiger partial charge in [-0.2, -0.15) is 0 Å². The Balaban J connectivity index is 2.72. The number of fused-ring (bicyclic) bond motifs is 1. The number of hydrogen-bond donors (Lipinski definition) is 2. The van der Waals surface area contributed by atoms with E-state index in [-0.39, 0.29) is 6.54 Å². The molecule has 3 nitrogen and oxygen atoms in total. The Morgan fingerprint density at radius 3 is 2.69 bits per heavy atom. The van der Waals surface area contributed by atoms with Crippen molar-refractivity contribution in [1.29, 1.82) is 0 Å². The van der Waals surface area contributed by atoms with E-state index in [9.17, 15) is 5.11 Å². The Hall–Kier alpha value is -1.58. The molecule has 2 aromatic rings. The molecule has 1 atom stereocenters. The van der Waals surface area contributed by atoms with Crippen molar-refractivity contribution < 1.29 is 9.84 Å². The molecule has 2 rings (SSSR count). The maximum atomic E-state index is 9.93. The maximum Gasteiger partial charge on any atom is 0.125 e. The molecule has 0 aliphatic rings. The molecule has 0 aromatic heterocycles. The normalized spacial score (nSPS) is 12.7. The van der Waals surface area contributed by atoms with Crippen molar-refractivity contribution in [2.45, 2.75) is 6.10 Å². The minimum absolute atomic E-state index is 0.185. The molecule has 0 heterocycles. The van der Waals surface area contributed by atoms with Crippen LogP contribution in [-0.2, 0) is 0 Å². The second-order valence-electron chi connectivity index (χ2n) is 3.65. The number of benzene rings is 2. The highest BCUT2D eigenvalue weighted by Crippen LogP contribution is 2.32. The number of hydrogen-bond acceptors (Lipinski definition) is 3. The number of aliphatic hydroxyl groups excluding tert-OH is 1. The van der Waals surface area contributed by atoms with Crippen LogP contribution in [-0.4, -0.2) is 18.8 Å². The summed E-state index contributed by atoms with van der Waals surface area (Å²) < 4.78 is 5.26. The highest BCUT2D eigenvalue weighted by atomic mass is 16.5. The molecule has 0 fully saturated rings. The number of ether oxygens (including phenoxy) is 1. The molecule has 16 heavy (non-hydrogen) atoms. The summed E-state index contributed by atoms with van der Waals surface area (Å²) in [5.74, 6) is 0.677. The van der Waals surface area contributed by atoms with Gasteiger partial charge in [0.2, 0.25) is 0 Å². The molecule has 0 saturated carbocycles. The highest BCUT2D eigenvalue weighted by Gasteiger charge is 2.15. The van der Waals surface area contributed by atoms with Gasteiger partial charge in [-0.3, -0.25) is 0 Å². The van der Waals surface area contributed by atoms with E-state index in [4.69, 9.17) is 10.5 Å². The number of aliphatic hydroxyl groups is 1. The van der Waals surface area contributed by atoms with E-state index in [1.165, 1.54) is 0 Å². The van der Waals surface area contributed by atoms with Crippen LogP contribution in [0.1, 0.15) is 11.7 Å². The molecule has 0 bridgehead atoms. The van der Waals surface area contributed by atoms with Gasteiger partial charge in [0.15, 0.2) is 0 Å². The predicted octanol–water partition coefficient (Wildman–Crippen LogP) is 1.84. The van der Waals surface area contributed by atoms with Crippen LogP contribution in [0.25, 0.3) is 10.8 Å². The van der Waals surface area contributed by atoms with Gasteiger partial charge < -0.3 is 15.6 Å². The fourth-order valence-electron chi connectivity index (χ4n) is 1.92. The summed E-state index contributed by atoms with van der Waals surface area (Å²) in [6, 6.07) is 11.7. The SMILES string of the molecule is COc1ccc2ccccc2c1C(O)CN. The lowest BCUT2D eigenvalue weighted by molar-refractivity contribution is 0.184. The van der Waals surface area contributed by atoms with Crippen LogP contribution in [0.5, 0.6) is 5.75 Å². The van der Waals surface area contributed by atoms with E-state index in [1.807, 2.05) is 36.4 Å². The second kappa shape index (κ2) is 4.51. The van der Waals surface area contributed by atoms with Crippen molar-refractivity contribution in [1.82, 2.24) is 0 Å². The number of nitrogens with two attached hydrogens (primary N) is 1. The molecule has 2 aromatic carbocycles. The summed E-state index contributed by atoms with van der Waals surface area (Å²) in [7, 11) is 1.59. The first-order chi connectivity index (χ1) is 7.77. The summed E-state index contributed by atoms with van der Waals surface area (Å²) >= 11 is 0. The van der Waals surface area contributed by atoms with Crippen LogP contribution >= 0.6 is 0 Å². The third-order valence-electron chi connectivity index (χ3n) is 2.71. The molecule has 84 valence electrons. The van der Waals surface area contributed by atoms with Gasteiger partial charge in [0, 0.05) is 12.1 Å². The van der Waals surface area contributed by atoms with Crippen molar-refractivity contribution in [3.63, 3.8) is 0 Å². The maximum absolute atomic E-state index is 9.93. The minimum Gasteiger partial charge on any atom is -0.496 e. The summed E-state index contributed by atoms with van der Waals surface area (Å²) in [6.45, 7) is 0.185. The second-order valence-corrected chi connectivity index (χ2v) is 3.65. The van der Waals surface area contributed by atoms with Crippen LogP contribution in [0.4, 0.5) is 0 Å². The van der Waals surface area contributed by atoms with Gasteiger partial charge in [0.05, 0.1) is 13.2 Å². The van der Waals surface area contributed by atoms with Crippen LogP contribution in [0.15, 0.2) is 36.4 Å². The van der Waals surface area contributed by atoms with Gasteiger partial charge in [0.1, 0.15) is 5.75 Å². The zero-order valence-electron chi connectivity index (χ0n) is 9.18. The lowest BCUT2D eigenvalue weighted by Crippen LogP contribution is -2.13. The molecule has 0 aliphatic carbocycles. The fraction of sp³-hybridized carbons (Fsp3) is 0.231. The van der Waals surface area contributed by atoms with Crippen molar-refractivity contribution in [3.8, 4) is 5.75 Å². The predicted molar refractivity (Wildman–Crippen MR) is 64.5 cm³/mol. The Bertz CT molecular complexity index is 496. The van der Waals surface area contributed by atoms with E-state index in [2.05, 4.69) is 0 Å². The first-order valence-electron chi connectivity index (χ1n) is 5.21. The Kier molecular flexibility index (Phi) is 3.08. The molecule has 3 heteroatoms. The van der Waals surface area contributed by atoms with Crippen LogP contribution in [0.3, 0.4) is 0 Å². The van der Waals surface area contributed by atoms with Gasteiger partial charge in [-0.25, -0.2) is 0 Å². The lowest BCUT2D eigenvalue weighted by Gasteiger charge is -2.15. The molecule has 0 radical (unpaired) electrons. The lowest BCUT2D eigenvalue weighted by atomic mass is 9.99. The highest BCUT2D eigenvalue weighted by molar-refractivity contribution is 5.88. The van der Waals surface area contributed by atoms with Gasteiger partial charge in [-0.1, -0.05) is 30.3 Å². The fourth-order valence-corrected chi connectivity index (χ4v) is 1.92. The molecule has 3 N–H and O–H groups in total. The van der Waals surface area contributed by atoms with E-state index in [0.717, 1.165) is 16.3 Å². The quantitative estimate of drug-likeness (QED) is 0.824. The van der Waals surface area contributed by atoms with E-state index >= 15 is 0 Å². The van der Waals surface area contributed by atoms with Gasteiger partial charge in [-0.15, -0.1) is 0 Å². The molecule has 0 aliphatic heterocycles. The molecular formula is C13H15NO2. The average molecular weight is 217 g/mol. The molecular weight excluding hydrogens is 202 g/mol. The van der Waals surface area contributed by atoms with E-state index < -0.39 is 6.10 Å². The Labute approximate surface area is 94.5 Å². The largest absolute Gasteiger partial charge is 0.496 e. The third-order valence-corrected chi connectivity index (χ3v) is 2.71. The van der Waals surface area contributed by atoms with Crippen LogP contribution < -0.4 is 10.5 Å². The van der Waals surface area contributed by atoms with Crippen LogP contribution in [0.2, 0.25) is 0 Å². The zero-order chi connectivity index (χ0) is 11.5. The first-order valence-corrected chi connectivity index (χ1v) is 5.21. The molecule has 0 saturated heterocycles. The van der Waals surface area contributed by atoms with Crippen molar-refractivity contribution in [2.24, 2.45) is 5.73 Å². The summed E-state index contributed by atoms with van der Waals surface area (Å²) in [5.41, 5.74) is 6.28. The van der Waals surface area contributed by atoms with Crippen molar-refractivity contribution in [2.75, 3.05) is 13.7 Å². The first kappa shape index (κ1) is 10.9. The van der Waals surface area contributed by atoms with Gasteiger partial charge in [0.25, 0.3) is 0 Å². The summed E-state index contributed by atoms with van der Waals surface area (Å²) in [6.07, 6.45) is -0.693. The molecule has 1 unspecified atom stereocenters. The monoisotopic (exact) mass is 217 g/mol. The topological polar surface area (TPSA) is 55.5 Å². The van der Waals surface area contributed by atoms with Crippen molar-refractivity contribution in [3.05, 3.63) is 42.0 Å². The minimum atomic E-state index is -0.693. The standard InChI is InChI=1S/C13H15NO2/c1-16-12-7-6-9-4-2-3-5-10(9)13(12)11(15)8-14/h2-7,11,15H,8,14H2,1H3. The smallest absolute Gasteiger partial charge is 0.125 e. The Morgan fingerprint density at radius 2 is 2.00 bits per heavy atom. The van der Waals surface area contributed by atoms with E-state index in [1.54, 1.807) is 7.11 Å². The number of methoxy groups -OCH3 is 1. The van der Waals surface area contributed by atoms with Crippen molar-refractivity contribution >= 4 is 10.8 Å². The third kappa shape index (κ3) is 1.75. The van der Waals surface area contributed by atoms with E-state index in [0.29, 0.717) is 5.75 Å².